The third-order valence-corrected chi connectivity index (χ3v) is 8.63. The Morgan fingerprint density at radius 2 is 1.76 bits per heavy atom. The number of hydrogen-bond donors (Lipinski definition) is 2. The van der Waals surface area contributed by atoms with Crippen molar-refractivity contribution in [2.24, 2.45) is 0 Å². The van der Waals surface area contributed by atoms with Crippen molar-refractivity contribution in [3.05, 3.63) is 100 Å². The highest BCUT2D eigenvalue weighted by Crippen LogP contribution is 2.31. The van der Waals surface area contributed by atoms with Crippen LogP contribution < -0.4 is 5.73 Å². The Hall–Kier alpha value is -4.22. The quantitative estimate of drug-likeness (QED) is 0.268. The van der Waals surface area contributed by atoms with Gasteiger partial charge < -0.3 is 10.7 Å². The second-order valence-electron chi connectivity index (χ2n) is 9.02. The molecule has 11 heteroatoms. The second-order valence-corrected chi connectivity index (χ2v) is 11.7. The summed E-state index contributed by atoms with van der Waals surface area (Å²) in [5, 5.41) is 4.94. The number of benzene rings is 3. The van der Waals surface area contributed by atoms with E-state index in [1.165, 1.54) is 23.0 Å². The fourth-order valence-corrected chi connectivity index (χ4v) is 6.36. The molecule has 0 saturated heterocycles. The summed E-state index contributed by atoms with van der Waals surface area (Å²) in [6.07, 6.45) is 1.36. The van der Waals surface area contributed by atoms with Crippen molar-refractivity contribution in [2.75, 3.05) is 5.73 Å². The molecule has 0 saturated carbocycles. The van der Waals surface area contributed by atoms with Crippen molar-refractivity contribution < 1.29 is 13.2 Å². The van der Waals surface area contributed by atoms with Gasteiger partial charge in [-0.05, 0) is 62.4 Å². The van der Waals surface area contributed by atoms with Crippen LogP contribution in [0.2, 0.25) is 0 Å². The Balaban J connectivity index is 1.51. The van der Waals surface area contributed by atoms with E-state index in [1.807, 2.05) is 32.0 Å². The Bertz CT molecular complexity index is 2000. The zero-order chi connectivity index (χ0) is 26.8. The standard InChI is InChI=1S/C27H21BrN6O3S/c1-15-3-8-20(9-4-15)38(36,37)34-24-12-18(28)6-5-17(24)11-25(34)26(35)21-14-30-33(27(21)29)19-7-10-22-23(13-19)32-16(2)31-22/h3-14H,29H2,1-2H3,(H,31,32). The predicted octanol–water partition coefficient (Wildman–Crippen LogP) is 5.13. The van der Waals surface area contributed by atoms with Gasteiger partial charge in [-0.1, -0.05) is 39.7 Å². The maximum absolute atomic E-state index is 13.9. The van der Waals surface area contributed by atoms with E-state index >= 15 is 0 Å². The monoisotopic (exact) mass is 588 g/mol. The smallest absolute Gasteiger partial charge is 0.268 e. The summed E-state index contributed by atoms with van der Waals surface area (Å²) in [6, 6.07) is 18.8. The lowest BCUT2D eigenvalue weighted by Crippen LogP contribution is -2.19. The third kappa shape index (κ3) is 3.82. The zero-order valence-corrected chi connectivity index (χ0v) is 22.7. The van der Waals surface area contributed by atoms with Crippen LogP contribution in [0, 0.1) is 13.8 Å². The first-order valence-electron chi connectivity index (χ1n) is 11.6. The Labute approximate surface area is 226 Å². The van der Waals surface area contributed by atoms with Crippen molar-refractivity contribution in [3.63, 3.8) is 0 Å². The number of nitrogen functional groups attached to an aromatic ring is 1. The van der Waals surface area contributed by atoms with E-state index in [1.54, 1.807) is 36.4 Å². The number of aromatic amines is 1. The highest BCUT2D eigenvalue weighted by Gasteiger charge is 2.29. The molecule has 38 heavy (non-hydrogen) atoms. The Kier molecular flexibility index (Phi) is 5.51. The van der Waals surface area contributed by atoms with Crippen LogP contribution in [-0.2, 0) is 10.0 Å². The van der Waals surface area contributed by atoms with Crippen molar-refractivity contribution in [1.82, 2.24) is 23.7 Å². The van der Waals surface area contributed by atoms with Gasteiger partial charge in [-0.15, -0.1) is 0 Å². The number of aryl methyl sites for hydroxylation is 2. The number of H-pyrrole nitrogens is 1. The number of imidazole rings is 1. The van der Waals surface area contributed by atoms with Crippen LogP contribution in [0.15, 0.2) is 82.3 Å². The number of anilines is 1. The van der Waals surface area contributed by atoms with Crippen molar-refractivity contribution in [1.29, 1.82) is 0 Å². The summed E-state index contributed by atoms with van der Waals surface area (Å²) < 4.78 is 30.9. The van der Waals surface area contributed by atoms with Gasteiger partial charge in [-0.2, -0.15) is 5.10 Å². The number of aromatic nitrogens is 5. The SMILES string of the molecule is Cc1ccc(S(=O)(=O)n2c(C(=O)c3cnn(-c4ccc5[nH]c(C)nc5c4)c3N)cc3ccc(Br)cc32)cc1. The lowest BCUT2D eigenvalue weighted by Gasteiger charge is -2.12. The summed E-state index contributed by atoms with van der Waals surface area (Å²) in [5.41, 5.74) is 9.97. The molecule has 0 aliphatic rings. The average Bonchev–Trinajstić information content (AvgIpc) is 3.57. The van der Waals surface area contributed by atoms with Gasteiger partial charge in [0.25, 0.3) is 10.0 Å². The van der Waals surface area contributed by atoms with Crippen LogP contribution in [0.5, 0.6) is 0 Å². The van der Waals surface area contributed by atoms with E-state index in [2.05, 4.69) is 31.0 Å². The molecule has 6 aromatic rings. The lowest BCUT2D eigenvalue weighted by atomic mass is 10.1. The molecule has 3 aromatic carbocycles. The number of ketones is 1. The molecule has 9 nitrogen and oxygen atoms in total. The van der Waals surface area contributed by atoms with Crippen LogP contribution in [-0.4, -0.2) is 37.9 Å². The molecule has 3 heterocycles. The molecule has 190 valence electrons. The Morgan fingerprint density at radius 3 is 2.53 bits per heavy atom. The molecule has 0 fully saturated rings. The fraction of sp³-hybridized carbons (Fsp3) is 0.0741. The van der Waals surface area contributed by atoms with E-state index < -0.39 is 15.8 Å². The lowest BCUT2D eigenvalue weighted by molar-refractivity contribution is 0.103. The number of hydrogen-bond acceptors (Lipinski definition) is 6. The number of carbonyl (C=O) groups excluding carboxylic acids is 1. The summed E-state index contributed by atoms with van der Waals surface area (Å²) in [5.74, 6) is 0.302. The van der Waals surface area contributed by atoms with Gasteiger partial charge in [-0.3, -0.25) is 4.79 Å². The minimum atomic E-state index is -4.12. The first kappa shape index (κ1) is 24.1. The summed E-state index contributed by atoms with van der Waals surface area (Å²) in [6.45, 7) is 3.74. The van der Waals surface area contributed by atoms with E-state index in [9.17, 15) is 13.2 Å². The van der Waals surface area contributed by atoms with Gasteiger partial charge >= 0.3 is 0 Å². The van der Waals surface area contributed by atoms with Crippen LogP contribution in [0.4, 0.5) is 5.82 Å². The molecule has 0 radical (unpaired) electrons. The maximum atomic E-state index is 13.9. The minimum Gasteiger partial charge on any atom is -0.383 e. The number of fused-ring (bicyclic) bond motifs is 2. The van der Waals surface area contributed by atoms with E-state index in [-0.39, 0.29) is 22.0 Å². The molecule has 0 amide bonds. The molecule has 0 atom stereocenters. The van der Waals surface area contributed by atoms with Crippen molar-refractivity contribution >= 4 is 59.5 Å². The van der Waals surface area contributed by atoms with Crippen LogP contribution >= 0.6 is 15.9 Å². The molecule has 3 aromatic heterocycles. The summed E-state index contributed by atoms with van der Waals surface area (Å²) in [7, 11) is -4.12. The van der Waals surface area contributed by atoms with E-state index in [0.717, 1.165) is 26.4 Å². The normalized spacial score (nSPS) is 12.0. The molecule has 0 spiro atoms. The molecular weight excluding hydrogens is 568 g/mol. The van der Waals surface area contributed by atoms with Gasteiger partial charge in [0.1, 0.15) is 17.3 Å². The second kappa shape index (κ2) is 8.67. The first-order chi connectivity index (χ1) is 18.1. The maximum Gasteiger partial charge on any atom is 0.268 e. The summed E-state index contributed by atoms with van der Waals surface area (Å²) in [4.78, 5) is 21.6. The molecule has 0 aliphatic carbocycles. The third-order valence-electron chi connectivity index (χ3n) is 6.39. The Morgan fingerprint density at radius 1 is 1.00 bits per heavy atom. The number of carbonyl (C=O) groups is 1. The molecule has 0 aliphatic heterocycles. The van der Waals surface area contributed by atoms with Gasteiger partial charge in [0.2, 0.25) is 5.78 Å². The van der Waals surface area contributed by atoms with Crippen LogP contribution in [0.3, 0.4) is 0 Å². The van der Waals surface area contributed by atoms with E-state index in [4.69, 9.17) is 5.73 Å². The fourth-order valence-electron chi connectivity index (χ4n) is 4.51. The minimum absolute atomic E-state index is 0.0386. The van der Waals surface area contributed by atoms with Gasteiger partial charge in [0.15, 0.2) is 0 Å². The highest BCUT2D eigenvalue weighted by molar-refractivity contribution is 9.10. The summed E-state index contributed by atoms with van der Waals surface area (Å²) >= 11 is 3.42. The number of halogens is 1. The molecule has 0 unspecified atom stereocenters. The van der Waals surface area contributed by atoms with Crippen LogP contribution in [0.1, 0.15) is 27.4 Å². The number of nitrogens with zero attached hydrogens (tertiary/aromatic N) is 4. The van der Waals surface area contributed by atoms with Crippen molar-refractivity contribution in [3.8, 4) is 5.69 Å². The molecule has 3 N–H and O–H groups in total. The molecular formula is C27H21BrN6O3S. The van der Waals surface area contributed by atoms with Gasteiger partial charge in [-0.25, -0.2) is 22.1 Å². The van der Waals surface area contributed by atoms with E-state index in [0.29, 0.717) is 21.1 Å². The average molecular weight is 589 g/mol. The number of rotatable bonds is 5. The number of nitrogens with two attached hydrogens (primary N) is 1. The zero-order valence-electron chi connectivity index (χ0n) is 20.3. The van der Waals surface area contributed by atoms with Gasteiger partial charge in [0.05, 0.1) is 38.9 Å². The highest BCUT2D eigenvalue weighted by atomic mass is 79.9. The molecule has 6 rings (SSSR count). The number of nitrogens with one attached hydrogen (secondary N) is 1. The first-order valence-corrected chi connectivity index (χ1v) is 13.8. The molecule has 0 bridgehead atoms. The largest absolute Gasteiger partial charge is 0.383 e. The topological polar surface area (TPSA) is 129 Å². The van der Waals surface area contributed by atoms with Crippen LogP contribution in [0.25, 0.3) is 27.6 Å². The predicted molar refractivity (Wildman–Crippen MR) is 149 cm³/mol. The van der Waals surface area contributed by atoms with Gasteiger partial charge in [0, 0.05) is 9.86 Å². The van der Waals surface area contributed by atoms with Crippen molar-refractivity contribution in [2.45, 2.75) is 18.7 Å².